The number of H-pyrrole nitrogens is 1. The first kappa shape index (κ1) is 18.7. The van der Waals surface area contributed by atoms with Crippen molar-refractivity contribution in [1.82, 2.24) is 15.4 Å². The summed E-state index contributed by atoms with van der Waals surface area (Å²) in [5.74, 6) is 1.30. The summed E-state index contributed by atoms with van der Waals surface area (Å²) in [6.07, 6.45) is 4.38. The molecule has 1 aromatic heterocycles. The van der Waals surface area contributed by atoms with Crippen LogP contribution in [-0.2, 0) is 5.75 Å². The van der Waals surface area contributed by atoms with E-state index in [0.717, 1.165) is 52.5 Å². The number of fused-ring (bicyclic) bond motifs is 1. The molecule has 1 fully saturated rings. The first-order chi connectivity index (χ1) is 13.7. The van der Waals surface area contributed by atoms with E-state index in [1.54, 1.807) is 11.8 Å². The van der Waals surface area contributed by atoms with Gasteiger partial charge in [-0.05, 0) is 61.4 Å². The number of carbonyl (C=O) groups excluding carboxylic acids is 1. The van der Waals surface area contributed by atoms with Crippen LogP contribution in [0.1, 0.15) is 48.5 Å². The molecule has 0 aliphatic heterocycles. The molecule has 2 aromatic carbocycles. The molecule has 1 aliphatic rings. The second-order valence-corrected chi connectivity index (χ2v) is 8.33. The molecule has 1 atom stereocenters. The highest BCUT2D eigenvalue weighted by atomic mass is 32.2. The van der Waals surface area contributed by atoms with Gasteiger partial charge in [-0.1, -0.05) is 43.0 Å². The summed E-state index contributed by atoms with van der Waals surface area (Å²) in [5, 5.41) is 5.23. The van der Waals surface area contributed by atoms with E-state index < -0.39 is 0 Å². The average Bonchev–Trinajstić information content (AvgIpc) is 3.14. The molecule has 1 heterocycles. The summed E-state index contributed by atoms with van der Waals surface area (Å²) >= 11 is 1.65. The highest BCUT2D eigenvalue weighted by Crippen LogP contribution is 2.23. The van der Waals surface area contributed by atoms with Crippen LogP contribution in [0.3, 0.4) is 0 Å². The molecular weight excluding hydrogens is 368 g/mol. The molecule has 1 saturated carbocycles. The van der Waals surface area contributed by atoms with Gasteiger partial charge in [0.1, 0.15) is 0 Å². The molecule has 0 spiro atoms. The molecule has 3 aromatic rings. The maximum absolute atomic E-state index is 12.3. The Labute approximate surface area is 169 Å². The average molecular weight is 393 g/mol. The minimum Gasteiger partial charge on any atom is -0.333 e. The zero-order valence-corrected chi connectivity index (χ0v) is 16.8. The fourth-order valence-corrected chi connectivity index (χ4v) is 4.30. The number of thioether (sulfide) groups is 1. The van der Waals surface area contributed by atoms with Crippen molar-refractivity contribution in [2.75, 3.05) is 0 Å². The number of para-hydroxylation sites is 2. The molecule has 5 nitrogen and oxygen atoms in total. The van der Waals surface area contributed by atoms with E-state index in [1.807, 2.05) is 48.5 Å². The van der Waals surface area contributed by atoms with Gasteiger partial charge in [0, 0.05) is 17.0 Å². The van der Waals surface area contributed by atoms with Crippen LogP contribution >= 0.6 is 11.8 Å². The van der Waals surface area contributed by atoms with Crippen molar-refractivity contribution in [3.63, 3.8) is 0 Å². The second kappa shape index (κ2) is 8.61. The van der Waals surface area contributed by atoms with E-state index in [2.05, 4.69) is 27.4 Å². The van der Waals surface area contributed by atoms with Gasteiger partial charge in [0.05, 0.1) is 11.0 Å². The summed E-state index contributed by atoms with van der Waals surface area (Å²) in [6.45, 7) is 2.23. The molecular formula is C22H24N4OS. The standard InChI is InChI=1S/C22H24N4OS/c1-15-5-4-6-18(13-15)25-26-21(27)17-11-9-16(10-12-17)14-28-22-23-19-7-2-3-8-20(19)24-22/h2-3,7-12,15H,4-6,13-14H2,1H3,(H,23,24)(H,26,27)/b25-18-. The Morgan fingerprint density at radius 3 is 2.86 bits per heavy atom. The SMILES string of the molecule is CC1CCC/C(=N/NC(=O)c2ccc(CSc3nc4ccccc4[nH]3)cc2)C1. The number of imidazole rings is 1. The summed E-state index contributed by atoms with van der Waals surface area (Å²) in [5.41, 5.74) is 7.62. The van der Waals surface area contributed by atoms with Crippen LogP contribution < -0.4 is 5.43 Å². The molecule has 0 saturated heterocycles. The molecule has 1 unspecified atom stereocenters. The largest absolute Gasteiger partial charge is 0.333 e. The Morgan fingerprint density at radius 1 is 1.25 bits per heavy atom. The van der Waals surface area contributed by atoms with Crippen LogP contribution in [0.25, 0.3) is 11.0 Å². The smallest absolute Gasteiger partial charge is 0.271 e. The summed E-state index contributed by atoms with van der Waals surface area (Å²) in [7, 11) is 0. The van der Waals surface area contributed by atoms with Gasteiger partial charge in [-0.25, -0.2) is 10.4 Å². The maximum Gasteiger partial charge on any atom is 0.271 e. The van der Waals surface area contributed by atoms with Crippen molar-refractivity contribution >= 4 is 34.4 Å². The van der Waals surface area contributed by atoms with Gasteiger partial charge >= 0.3 is 0 Å². The number of rotatable bonds is 5. The van der Waals surface area contributed by atoms with Crippen molar-refractivity contribution in [1.29, 1.82) is 0 Å². The number of aromatic nitrogens is 2. The predicted octanol–water partition coefficient (Wildman–Crippen LogP) is 5.15. The molecule has 144 valence electrons. The minimum atomic E-state index is -0.151. The van der Waals surface area contributed by atoms with Crippen LogP contribution in [-0.4, -0.2) is 21.6 Å². The number of hydrazone groups is 1. The van der Waals surface area contributed by atoms with E-state index in [4.69, 9.17) is 0 Å². The van der Waals surface area contributed by atoms with Gasteiger partial charge in [-0.3, -0.25) is 4.79 Å². The van der Waals surface area contributed by atoms with Crippen molar-refractivity contribution in [2.45, 2.75) is 43.5 Å². The lowest BCUT2D eigenvalue weighted by Gasteiger charge is -2.18. The number of aromatic amines is 1. The van der Waals surface area contributed by atoms with E-state index in [9.17, 15) is 4.79 Å². The maximum atomic E-state index is 12.3. The van der Waals surface area contributed by atoms with Crippen molar-refractivity contribution in [3.05, 3.63) is 59.7 Å². The highest BCUT2D eigenvalue weighted by Gasteiger charge is 2.14. The van der Waals surface area contributed by atoms with Gasteiger partial charge in [0.2, 0.25) is 0 Å². The number of benzene rings is 2. The summed E-state index contributed by atoms with van der Waals surface area (Å²) in [6, 6.07) is 15.7. The first-order valence-corrected chi connectivity index (χ1v) is 10.7. The first-order valence-electron chi connectivity index (χ1n) is 9.69. The Kier molecular flexibility index (Phi) is 5.76. The molecule has 1 aliphatic carbocycles. The number of amides is 1. The van der Waals surface area contributed by atoms with Gasteiger partial charge < -0.3 is 4.98 Å². The number of carbonyl (C=O) groups is 1. The fraction of sp³-hybridized carbons (Fsp3) is 0.318. The van der Waals surface area contributed by atoms with Gasteiger partial charge in [0.15, 0.2) is 5.16 Å². The predicted molar refractivity (Wildman–Crippen MR) is 115 cm³/mol. The van der Waals surface area contributed by atoms with E-state index in [1.165, 1.54) is 6.42 Å². The Hall–Kier alpha value is -2.60. The molecule has 1 amide bonds. The third-order valence-corrected chi connectivity index (χ3v) is 5.97. The third kappa shape index (κ3) is 4.62. The minimum absolute atomic E-state index is 0.151. The lowest BCUT2D eigenvalue weighted by Crippen LogP contribution is -2.22. The Balaban J connectivity index is 1.32. The molecule has 0 radical (unpaired) electrons. The quantitative estimate of drug-likeness (QED) is 0.466. The lowest BCUT2D eigenvalue weighted by molar-refractivity contribution is 0.0954. The van der Waals surface area contributed by atoms with Crippen LogP contribution in [0.4, 0.5) is 0 Å². The van der Waals surface area contributed by atoms with Crippen LogP contribution in [0.15, 0.2) is 58.8 Å². The van der Waals surface area contributed by atoms with E-state index in [0.29, 0.717) is 11.5 Å². The Bertz CT molecular complexity index is 960. The van der Waals surface area contributed by atoms with E-state index >= 15 is 0 Å². The lowest BCUT2D eigenvalue weighted by atomic mass is 9.89. The zero-order chi connectivity index (χ0) is 19.3. The monoisotopic (exact) mass is 392 g/mol. The van der Waals surface area contributed by atoms with Crippen molar-refractivity contribution in [3.8, 4) is 0 Å². The molecule has 4 rings (SSSR count). The number of hydrogen-bond donors (Lipinski definition) is 2. The molecule has 6 heteroatoms. The number of nitrogens with one attached hydrogen (secondary N) is 2. The second-order valence-electron chi connectivity index (χ2n) is 7.37. The molecule has 0 bridgehead atoms. The van der Waals surface area contributed by atoms with Crippen molar-refractivity contribution in [2.24, 2.45) is 11.0 Å². The van der Waals surface area contributed by atoms with Crippen LogP contribution in [0, 0.1) is 5.92 Å². The van der Waals surface area contributed by atoms with Crippen LogP contribution in [0.5, 0.6) is 0 Å². The molecule has 28 heavy (non-hydrogen) atoms. The normalized spacial score (nSPS) is 18.5. The summed E-state index contributed by atoms with van der Waals surface area (Å²) < 4.78 is 0. The fourth-order valence-electron chi connectivity index (χ4n) is 3.46. The molecule has 2 N–H and O–H groups in total. The number of nitrogens with zero attached hydrogens (tertiary/aromatic N) is 2. The van der Waals surface area contributed by atoms with Crippen LogP contribution in [0.2, 0.25) is 0 Å². The Morgan fingerprint density at radius 2 is 2.07 bits per heavy atom. The summed E-state index contributed by atoms with van der Waals surface area (Å²) in [4.78, 5) is 20.2. The van der Waals surface area contributed by atoms with E-state index in [-0.39, 0.29) is 5.91 Å². The van der Waals surface area contributed by atoms with Gasteiger partial charge in [-0.15, -0.1) is 0 Å². The number of hydrogen-bond acceptors (Lipinski definition) is 4. The highest BCUT2D eigenvalue weighted by molar-refractivity contribution is 7.98. The van der Waals surface area contributed by atoms with Gasteiger partial charge in [0.25, 0.3) is 5.91 Å². The van der Waals surface area contributed by atoms with Crippen molar-refractivity contribution < 1.29 is 4.79 Å². The zero-order valence-electron chi connectivity index (χ0n) is 15.9. The van der Waals surface area contributed by atoms with Gasteiger partial charge in [-0.2, -0.15) is 5.10 Å². The third-order valence-electron chi connectivity index (χ3n) is 5.02. The topological polar surface area (TPSA) is 70.1 Å².